The van der Waals surface area contributed by atoms with Crippen LogP contribution >= 0.6 is 45.3 Å². The van der Waals surface area contributed by atoms with Gasteiger partial charge < -0.3 is 4.74 Å². The van der Waals surface area contributed by atoms with E-state index in [2.05, 4.69) is 199 Å². The number of hydrogen-bond acceptors (Lipinski definition) is 6. The Morgan fingerprint density at radius 3 is 1.23 bits per heavy atom. The number of benzene rings is 4. The molecule has 8 aromatic rings. The molecule has 74 heavy (non-hydrogen) atoms. The SMILES string of the molecule is CCC[CH2][Sn]([CH2]CCC)([CH2]CCC)[c]1cc2c(s1)-c1sc(C)cc1OC2(c1ccc(CCC)cc1)c1ccc(CCC)cc1.CCCc1ccc(C2(c3ccc(CCC)cc3)Oc3ccsc3-c3sccc32)cc1. The molecule has 10 rings (SSSR count). The number of hydrogen-bond donors (Lipinski definition) is 0. The van der Waals surface area contributed by atoms with E-state index in [1.54, 1.807) is 14.2 Å². The summed E-state index contributed by atoms with van der Waals surface area (Å²) >= 11 is 5.01. The van der Waals surface area contributed by atoms with Crippen molar-refractivity contribution in [3.63, 3.8) is 0 Å². The normalized spacial score (nSPS) is 13.9. The maximum atomic E-state index is 7.45. The molecule has 0 atom stereocenters. The van der Waals surface area contributed by atoms with E-state index in [9.17, 15) is 0 Å². The Hall–Kier alpha value is -3.92. The van der Waals surface area contributed by atoms with Gasteiger partial charge in [-0.25, -0.2) is 0 Å². The Kier molecular flexibility index (Phi) is 18.6. The predicted octanol–water partition coefficient (Wildman–Crippen LogP) is 20.5. The smallest absolute Gasteiger partial charge is 0.186 e. The first kappa shape index (κ1) is 54.9. The minimum absolute atomic E-state index is 0.612. The molecule has 0 amide bonds. The van der Waals surface area contributed by atoms with Crippen LogP contribution in [0.25, 0.3) is 19.5 Å². The second-order valence-electron chi connectivity index (χ2n) is 21.1. The molecule has 0 aliphatic carbocycles. The molecule has 2 nitrogen and oxygen atoms in total. The van der Waals surface area contributed by atoms with E-state index in [0.29, 0.717) is 0 Å². The summed E-state index contributed by atoms with van der Waals surface area (Å²) in [5.41, 5.74) is 11.9. The number of rotatable bonds is 22. The molecule has 0 spiro atoms. The summed E-state index contributed by atoms with van der Waals surface area (Å²) in [5, 5.41) is 4.34. The molecule has 0 radical (unpaired) electrons. The fraction of sp³-hybridized carbons (Fsp3) is 0.403. The third kappa shape index (κ3) is 11.0. The minimum atomic E-state index is -2.69. The van der Waals surface area contributed by atoms with E-state index in [1.807, 2.05) is 22.7 Å². The van der Waals surface area contributed by atoms with Gasteiger partial charge in [-0.3, -0.25) is 0 Å². The zero-order valence-electron chi connectivity index (χ0n) is 45.7. The van der Waals surface area contributed by atoms with E-state index >= 15 is 0 Å². The Labute approximate surface area is 465 Å². The third-order valence-corrected chi connectivity index (χ3v) is 38.2. The first-order chi connectivity index (χ1) is 36.2. The molecule has 4 aromatic heterocycles. The Bertz CT molecular complexity index is 2900. The van der Waals surface area contributed by atoms with Crippen LogP contribution in [0, 0.1) is 6.92 Å². The molecular formula is C67H80O2S4Sn. The van der Waals surface area contributed by atoms with Gasteiger partial charge in [0.15, 0.2) is 5.60 Å². The van der Waals surface area contributed by atoms with Crippen molar-refractivity contribution in [2.75, 3.05) is 0 Å². The van der Waals surface area contributed by atoms with Crippen molar-refractivity contribution in [3.05, 3.63) is 193 Å². The van der Waals surface area contributed by atoms with Gasteiger partial charge in [-0.05, 0) is 46.9 Å². The largest absolute Gasteiger partial charge is 0.471 e. The van der Waals surface area contributed by atoms with E-state index in [4.69, 9.17) is 9.47 Å². The monoisotopic (exact) mass is 1160 g/mol. The van der Waals surface area contributed by atoms with E-state index in [0.717, 1.165) is 62.9 Å². The second kappa shape index (κ2) is 25.0. The van der Waals surface area contributed by atoms with Crippen molar-refractivity contribution >= 4 is 66.6 Å². The molecule has 2 aliphatic heterocycles. The van der Waals surface area contributed by atoms with Crippen molar-refractivity contribution in [1.29, 1.82) is 0 Å². The molecule has 4 aromatic carbocycles. The van der Waals surface area contributed by atoms with E-state index in [1.165, 1.54) is 132 Å². The zero-order valence-corrected chi connectivity index (χ0v) is 51.8. The average Bonchev–Trinajstić information content (AvgIpc) is 4.29. The van der Waals surface area contributed by atoms with Crippen molar-refractivity contribution in [2.45, 2.75) is 170 Å². The molecular weight excluding hydrogens is 1080 g/mol. The predicted molar refractivity (Wildman–Crippen MR) is 327 cm³/mol. The Balaban J connectivity index is 0.000000195. The van der Waals surface area contributed by atoms with Gasteiger partial charge >= 0.3 is 282 Å². The van der Waals surface area contributed by atoms with Crippen molar-refractivity contribution in [2.24, 2.45) is 0 Å². The van der Waals surface area contributed by atoms with Gasteiger partial charge in [-0.15, -0.1) is 22.7 Å². The molecule has 388 valence electrons. The molecule has 6 heterocycles. The maximum absolute atomic E-state index is 7.45. The van der Waals surface area contributed by atoms with Crippen molar-refractivity contribution < 1.29 is 9.47 Å². The topological polar surface area (TPSA) is 18.5 Å². The van der Waals surface area contributed by atoms with Crippen LogP contribution in [0.1, 0.15) is 173 Å². The van der Waals surface area contributed by atoms with Gasteiger partial charge in [0.1, 0.15) is 5.75 Å². The van der Waals surface area contributed by atoms with Crippen LogP contribution in [0.15, 0.2) is 132 Å². The molecule has 0 saturated heterocycles. The second-order valence-corrected chi connectivity index (χ2v) is 39.4. The summed E-state index contributed by atoms with van der Waals surface area (Å²) in [6.07, 6.45) is 17.2. The van der Waals surface area contributed by atoms with Gasteiger partial charge in [0.25, 0.3) is 0 Å². The van der Waals surface area contributed by atoms with Crippen LogP contribution in [0.2, 0.25) is 13.3 Å². The number of ether oxygens (including phenoxy) is 2. The van der Waals surface area contributed by atoms with Crippen LogP contribution in [0.5, 0.6) is 11.5 Å². The van der Waals surface area contributed by atoms with E-state index < -0.39 is 29.6 Å². The molecule has 0 N–H and O–H groups in total. The van der Waals surface area contributed by atoms with Crippen LogP contribution in [0.4, 0.5) is 0 Å². The van der Waals surface area contributed by atoms with Gasteiger partial charge in [-0.2, -0.15) is 0 Å². The molecule has 7 heteroatoms. The number of aryl methyl sites for hydroxylation is 5. The summed E-state index contributed by atoms with van der Waals surface area (Å²) in [6, 6.07) is 46.4. The molecule has 0 saturated carbocycles. The molecule has 0 fully saturated rings. The van der Waals surface area contributed by atoms with Crippen molar-refractivity contribution in [1.82, 2.24) is 0 Å². The standard InChI is InChI=1S/C28H27OS2.C27H26OS2.3C4H9.Sn/c1-4-6-20-8-12-22(13-9-20)28(23-14-10-21(7-5-2)11-15-23)24-16-17-30-26(24)27-25(29-28)18-19(3)31-27;1-3-5-19-7-11-21(12-8-19)27(22-13-9-20(6-4-2)10-14-22)23-15-17-29-25(23)26-24(28-27)16-18-30-26;3*1-3-4-2;/h8-16,18H,4-7H2,1-3H3;7-18H,3-6H2,1-2H3;3*1,3-4H2,2H3;. The number of fused-ring (bicyclic) bond motifs is 6. The third-order valence-electron chi connectivity index (χ3n) is 15.7. The Morgan fingerprint density at radius 2 is 0.797 bits per heavy atom. The quantitative estimate of drug-likeness (QED) is 0.0630. The summed E-state index contributed by atoms with van der Waals surface area (Å²) in [7, 11) is 0. The zero-order chi connectivity index (χ0) is 51.7. The summed E-state index contributed by atoms with van der Waals surface area (Å²) in [4.78, 5) is 6.76. The fourth-order valence-electron chi connectivity index (χ4n) is 11.8. The van der Waals surface area contributed by atoms with Crippen LogP contribution < -0.4 is 12.4 Å². The van der Waals surface area contributed by atoms with Gasteiger partial charge in [0, 0.05) is 16.7 Å². The van der Waals surface area contributed by atoms with Crippen LogP contribution in [-0.4, -0.2) is 18.4 Å². The van der Waals surface area contributed by atoms with Gasteiger partial charge in [-0.1, -0.05) is 75.2 Å². The first-order valence-corrected chi connectivity index (χ1v) is 39.2. The van der Waals surface area contributed by atoms with Crippen LogP contribution in [0.3, 0.4) is 0 Å². The Morgan fingerprint density at radius 1 is 0.392 bits per heavy atom. The van der Waals surface area contributed by atoms with Crippen LogP contribution in [-0.2, 0) is 36.9 Å². The van der Waals surface area contributed by atoms with E-state index in [-0.39, 0.29) is 0 Å². The maximum Gasteiger partial charge on any atom is 0.186 e. The average molecular weight is 1160 g/mol. The van der Waals surface area contributed by atoms with Crippen molar-refractivity contribution in [3.8, 4) is 31.0 Å². The number of thiophene rings is 4. The summed E-state index contributed by atoms with van der Waals surface area (Å²) in [5.74, 6) is 2.06. The first-order valence-electron chi connectivity index (χ1n) is 28.4. The molecule has 0 unspecified atom stereocenters. The van der Waals surface area contributed by atoms with Gasteiger partial charge in [0.05, 0.1) is 9.75 Å². The summed E-state index contributed by atoms with van der Waals surface area (Å²) < 4.78 is 20.7. The summed E-state index contributed by atoms with van der Waals surface area (Å²) in [6.45, 7) is 18.4. The van der Waals surface area contributed by atoms with Gasteiger partial charge in [0.2, 0.25) is 0 Å². The minimum Gasteiger partial charge on any atom is -0.471 e. The number of unbranched alkanes of at least 4 members (excludes halogenated alkanes) is 3. The molecule has 0 bridgehead atoms. The molecule has 2 aliphatic rings. The fourth-order valence-corrected chi connectivity index (χ4v) is 35.2.